The Morgan fingerprint density at radius 1 is 0.613 bits per heavy atom. The molecular formula is C27H18N2O2. The third-order valence-corrected chi connectivity index (χ3v) is 6.03. The Balaban J connectivity index is 1.92. The zero-order chi connectivity index (χ0) is 21.1. The molecule has 31 heavy (non-hydrogen) atoms. The summed E-state index contributed by atoms with van der Waals surface area (Å²) in [5, 5.41) is 3.44. The van der Waals surface area contributed by atoms with Gasteiger partial charge in [0.05, 0.1) is 22.2 Å². The van der Waals surface area contributed by atoms with E-state index in [1.165, 1.54) is 0 Å². The quantitative estimate of drug-likeness (QED) is 0.337. The van der Waals surface area contributed by atoms with Gasteiger partial charge < -0.3 is 9.97 Å². The number of H-pyrrole nitrogens is 2. The summed E-state index contributed by atoms with van der Waals surface area (Å²) in [5.74, 6) is -0.105. The fourth-order valence-corrected chi connectivity index (χ4v) is 4.74. The summed E-state index contributed by atoms with van der Waals surface area (Å²) >= 11 is 0. The molecule has 0 bridgehead atoms. The molecule has 2 N–H and O–H groups in total. The fraction of sp³-hybridized carbons (Fsp3) is 0.0370. The highest BCUT2D eigenvalue weighted by Gasteiger charge is 2.27. The van der Waals surface area contributed by atoms with Crippen LogP contribution in [0.2, 0.25) is 0 Å². The maximum Gasteiger partial charge on any atom is 0.195 e. The number of benzene rings is 4. The van der Waals surface area contributed by atoms with Gasteiger partial charge in [-0.2, -0.15) is 0 Å². The normalized spacial score (nSPS) is 11.6. The molecule has 6 aromatic rings. The minimum Gasteiger partial charge on any atom is -0.354 e. The van der Waals surface area contributed by atoms with Crippen molar-refractivity contribution in [2.24, 2.45) is 0 Å². The molecule has 0 fully saturated rings. The molecule has 0 radical (unpaired) electrons. The summed E-state index contributed by atoms with van der Waals surface area (Å²) < 4.78 is 0. The number of ketones is 2. The number of carbonyl (C=O) groups excluding carboxylic acids is 2. The van der Waals surface area contributed by atoms with Crippen molar-refractivity contribution in [3.8, 4) is 0 Å². The summed E-state index contributed by atoms with van der Waals surface area (Å²) in [4.78, 5) is 33.7. The number of aromatic amines is 2. The molecule has 2 heterocycles. The van der Waals surface area contributed by atoms with Crippen LogP contribution in [-0.4, -0.2) is 21.5 Å². The molecule has 0 unspecified atom stereocenters. The lowest BCUT2D eigenvalue weighted by Gasteiger charge is -2.10. The molecule has 0 saturated carbocycles. The first-order valence-electron chi connectivity index (χ1n) is 10.2. The molecule has 0 aliphatic rings. The maximum absolute atomic E-state index is 13.9. The summed E-state index contributed by atoms with van der Waals surface area (Å²) in [6, 6.07) is 25.0. The third-order valence-electron chi connectivity index (χ3n) is 6.03. The molecule has 4 heteroatoms. The van der Waals surface area contributed by atoms with Crippen LogP contribution >= 0.6 is 0 Å². The number of rotatable bonds is 3. The van der Waals surface area contributed by atoms with E-state index in [1.54, 1.807) is 6.92 Å². The topological polar surface area (TPSA) is 65.7 Å². The van der Waals surface area contributed by atoms with Crippen LogP contribution < -0.4 is 0 Å². The lowest BCUT2D eigenvalue weighted by Crippen LogP contribution is -2.06. The van der Waals surface area contributed by atoms with Gasteiger partial charge in [-0.3, -0.25) is 9.59 Å². The third kappa shape index (κ3) is 2.42. The number of hydrogen-bond donors (Lipinski definition) is 2. The van der Waals surface area contributed by atoms with Gasteiger partial charge in [0.25, 0.3) is 0 Å². The van der Waals surface area contributed by atoms with Crippen molar-refractivity contribution >= 4 is 55.2 Å². The average Bonchev–Trinajstić information content (AvgIpc) is 3.36. The Labute approximate surface area is 177 Å². The molecule has 0 spiro atoms. The first-order chi connectivity index (χ1) is 15.1. The van der Waals surface area contributed by atoms with Crippen molar-refractivity contribution in [3.63, 3.8) is 0 Å². The first-order valence-corrected chi connectivity index (χ1v) is 10.2. The van der Waals surface area contributed by atoms with E-state index in [-0.39, 0.29) is 11.6 Å². The van der Waals surface area contributed by atoms with Crippen molar-refractivity contribution < 1.29 is 9.59 Å². The van der Waals surface area contributed by atoms with E-state index in [9.17, 15) is 9.59 Å². The van der Waals surface area contributed by atoms with Crippen molar-refractivity contribution in [2.45, 2.75) is 6.92 Å². The van der Waals surface area contributed by atoms with Gasteiger partial charge >= 0.3 is 0 Å². The Morgan fingerprint density at radius 3 is 1.68 bits per heavy atom. The van der Waals surface area contributed by atoms with E-state index in [1.807, 2.05) is 78.9 Å². The number of Topliss-reactive ketones (excluding diaryl/α,β-unsaturated/α-hetero) is 1. The largest absolute Gasteiger partial charge is 0.354 e. The van der Waals surface area contributed by atoms with Gasteiger partial charge in [-0.05, 0) is 19.1 Å². The highest BCUT2D eigenvalue weighted by Crippen LogP contribution is 2.41. The van der Waals surface area contributed by atoms with Crippen LogP contribution in [0, 0.1) is 0 Å². The van der Waals surface area contributed by atoms with Crippen LogP contribution in [-0.2, 0) is 0 Å². The van der Waals surface area contributed by atoms with Crippen molar-refractivity contribution in [1.82, 2.24) is 9.97 Å². The van der Waals surface area contributed by atoms with Gasteiger partial charge in [-0.25, -0.2) is 0 Å². The Morgan fingerprint density at radius 2 is 1.10 bits per heavy atom. The second kappa shape index (κ2) is 6.41. The predicted molar refractivity (Wildman–Crippen MR) is 125 cm³/mol. The lowest BCUT2D eigenvalue weighted by molar-refractivity contribution is 0.101. The minimum absolute atomic E-state index is 0.0370. The van der Waals surface area contributed by atoms with Gasteiger partial charge in [0.15, 0.2) is 11.6 Å². The van der Waals surface area contributed by atoms with Crippen LogP contribution in [0.15, 0.2) is 78.9 Å². The molecule has 148 valence electrons. The smallest absolute Gasteiger partial charge is 0.195 e. The SMILES string of the molecule is CC(=O)c1c2[nH]c3ccccc3c2c(C(=O)c2ccccc2)c2[nH]c3ccccc3c12. The first kappa shape index (κ1) is 17.7. The summed E-state index contributed by atoms with van der Waals surface area (Å²) in [5.41, 5.74) is 5.05. The molecule has 0 aliphatic carbocycles. The highest BCUT2D eigenvalue weighted by molar-refractivity contribution is 6.36. The van der Waals surface area contributed by atoms with Crippen LogP contribution in [0.1, 0.15) is 33.2 Å². The van der Waals surface area contributed by atoms with Crippen LogP contribution in [0.25, 0.3) is 43.6 Å². The molecule has 0 atom stereocenters. The molecule has 0 aliphatic heterocycles. The summed E-state index contributed by atoms with van der Waals surface area (Å²) in [6.45, 7) is 1.58. The van der Waals surface area contributed by atoms with Gasteiger partial charge in [-0.15, -0.1) is 0 Å². The second-order valence-electron chi connectivity index (χ2n) is 7.84. The number of fused-ring (bicyclic) bond motifs is 6. The van der Waals surface area contributed by atoms with Gasteiger partial charge in [0, 0.05) is 38.1 Å². The number of hydrogen-bond acceptors (Lipinski definition) is 2. The molecule has 4 nitrogen and oxygen atoms in total. The zero-order valence-electron chi connectivity index (χ0n) is 16.8. The number of carbonyl (C=O) groups is 2. The van der Waals surface area contributed by atoms with E-state index < -0.39 is 0 Å². The van der Waals surface area contributed by atoms with E-state index in [4.69, 9.17) is 0 Å². The Kier molecular flexibility index (Phi) is 3.65. The second-order valence-corrected chi connectivity index (χ2v) is 7.84. The number of nitrogens with one attached hydrogen (secondary N) is 2. The Hall–Kier alpha value is -4.18. The monoisotopic (exact) mass is 402 g/mol. The molecule has 0 amide bonds. The van der Waals surface area contributed by atoms with Crippen molar-refractivity contribution in [3.05, 3.63) is 95.6 Å². The minimum atomic E-state index is -0.0676. The van der Waals surface area contributed by atoms with Gasteiger partial charge in [0.2, 0.25) is 0 Å². The molecule has 4 aromatic carbocycles. The molecule has 0 saturated heterocycles. The zero-order valence-corrected chi connectivity index (χ0v) is 16.8. The van der Waals surface area contributed by atoms with Crippen molar-refractivity contribution in [2.75, 3.05) is 0 Å². The van der Waals surface area contributed by atoms with Crippen LogP contribution in [0.5, 0.6) is 0 Å². The summed E-state index contributed by atoms with van der Waals surface area (Å²) in [7, 11) is 0. The summed E-state index contributed by atoms with van der Waals surface area (Å²) in [6.07, 6.45) is 0. The fourth-order valence-electron chi connectivity index (χ4n) is 4.74. The standard InChI is InChI=1S/C27H18N2O2/c1-15(30)21-22-17-11-5-7-13-19(17)29-26(22)24(27(31)16-9-3-2-4-10-16)23-18-12-6-8-14-20(18)28-25(21)23/h2-14,28-29H,1H3. The maximum atomic E-state index is 13.9. The highest BCUT2D eigenvalue weighted by atomic mass is 16.1. The molecule has 6 rings (SSSR count). The van der Waals surface area contributed by atoms with E-state index >= 15 is 0 Å². The Bertz CT molecular complexity index is 1660. The molecular weight excluding hydrogens is 384 g/mol. The van der Waals surface area contributed by atoms with Gasteiger partial charge in [-0.1, -0.05) is 66.7 Å². The van der Waals surface area contributed by atoms with E-state index in [2.05, 4.69) is 9.97 Å². The van der Waals surface area contributed by atoms with Crippen molar-refractivity contribution in [1.29, 1.82) is 0 Å². The van der Waals surface area contributed by atoms with E-state index in [0.717, 1.165) is 32.6 Å². The number of para-hydroxylation sites is 2. The van der Waals surface area contributed by atoms with Gasteiger partial charge in [0.1, 0.15) is 0 Å². The van der Waals surface area contributed by atoms with Crippen LogP contribution in [0.4, 0.5) is 0 Å². The van der Waals surface area contributed by atoms with E-state index in [0.29, 0.717) is 27.7 Å². The average molecular weight is 402 g/mol. The number of aromatic nitrogens is 2. The predicted octanol–water partition coefficient (Wildman–Crippen LogP) is 6.39. The molecule has 2 aromatic heterocycles. The lowest BCUT2D eigenvalue weighted by atomic mass is 9.91. The van der Waals surface area contributed by atoms with Crippen LogP contribution in [0.3, 0.4) is 0 Å².